The van der Waals surface area contributed by atoms with Crippen molar-refractivity contribution >= 4 is 17.7 Å². The number of aromatic nitrogens is 2. The Labute approximate surface area is 135 Å². The van der Waals surface area contributed by atoms with Crippen LogP contribution < -0.4 is 10.2 Å². The van der Waals surface area contributed by atoms with Gasteiger partial charge in [-0.25, -0.2) is 4.98 Å². The number of carboxylic acid groups (broad SMARTS) is 1. The highest BCUT2D eigenvalue weighted by molar-refractivity contribution is 5.82. The van der Waals surface area contributed by atoms with Crippen molar-refractivity contribution in [3.8, 4) is 0 Å². The maximum absolute atomic E-state index is 11.6. The summed E-state index contributed by atoms with van der Waals surface area (Å²) in [5.41, 5.74) is -0.536. The van der Waals surface area contributed by atoms with E-state index in [-0.39, 0.29) is 0 Å². The molecule has 1 aromatic heterocycles. The van der Waals surface area contributed by atoms with Crippen molar-refractivity contribution in [3.05, 3.63) is 11.8 Å². The van der Waals surface area contributed by atoms with E-state index in [0.717, 1.165) is 0 Å². The lowest BCUT2D eigenvalue weighted by Gasteiger charge is -2.32. The van der Waals surface area contributed by atoms with Gasteiger partial charge in [-0.05, 0) is 20.8 Å². The summed E-state index contributed by atoms with van der Waals surface area (Å²) in [4.78, 5) is 22.3. The van der Waals surface area contributed by atoms with Crippen molar-refractivity contribution in [1.29, 1.82) is 0 Å². The molecule has 0 bridgehead atoms. The van der Waals surface area contributed by atoms with E-state index in [1.807, 2.05) is 4.90 Å². The number of hydrogen-bond acceptors (Lipinski definition) is 7. The molecule has 1 saturated heterocycles. The number of carbonyl (C=O) groups is 1. The third kappa shape index (κ3) is 4.08. The van der Waals surface area contributed by atoms with Gasteiger partial charge in [-0.2, -0.15) is 4.98 Å². The predicted octanol–water partition coefficient (Wildman–Crippen LogP) is 0.468. The van der Waals surface area contributed by atoms with Crippen LogP contribution in [0.1, 0.15) is 26.3 Å². The SMILES string of the molecule is C[C@H](O)CNc1ncc(C(C)(C)C(=O)O)c(N2CCOCC2)n1. The number of anilines is 2. The van der Waals surface area contributed by atoms with E-state index in [1.165, 1.54) is 0 Å². The minimum atomic E-state index is -1.10. The molecule has 1 aromatic rings. The first-order valence-corrected chi connectivity index (χ1v) is 7.68. The molecular weight excluding hydrogens is 300 g/mol. The Kier molecular flexibility index (Phi) is 5.38. The molecule has 8 heteroatoms. The standard InChI is InChI=1S/C15H24N4O4/c1-10(20)8-16-14-17-9-11(15(2,3)13(21)22)12(18-14)19-4-6-23-7-5-19/h9-10,20H,4-8H2,1-3H3,(H,21,22)(H,16,17,18)/t10-/m0/s1. The lowest BCUT2D eigenvalue weighted by molar-refractivity contribution is -0.142. The smallest absolute Gasteiger partial charge is 0.313 e. The van der Waals surface area contributed by atoms with Gasteiger partial charge in [0.2, 0.25) is 5.95 Å². The molecule has 1 aliphatic rings. The summed E-state index contributed by atoms with van der Waals surface area (Å²) in [5, 5.41) is 21.8. The number of aliphatic hydroxyl groups excluding tert-OH is 1. The van der Waals surface area contributed by atoms with Crippen LogP contribution in [0.5, 0.6) is 0 Å². The van der Waals surface area contributed by atoms with Crippen LogP contribution in [0.3, 0.4) is 0 Å². The van der Waals surface area contributed by atoms with Crippen LogP contribution in [0, 0.1) is 0 Å². The summed E-state index contributed by atoms with van der Waals surface area (Å²) in [6.45, 7) is 7.72. The Hall–Kier alpha value is -1.93. The molecular formula is C15H24N4O4. The number of nitrogens with one attached hydrogen (secondary N) is 1. The van der Waals surface area contributed by atoms with Gasteiger partial charge < -0.3 is 25.2 Å². The predicted molar refractivity (Wildman–Crippen MR) is 85.9 cm³/mol. The molecule has 2 heterocycles. The van der Waals surface area contributed by atoms with Crippen molar-refractivity contribution < 1.29 is 19.7 Å². The number of aliphatic hydroxyl groups is 1. The molecule has 8 nitrogen and oxygen atoms in total. The molecule has 0 spiro atoms. The molecule has 0 saturated carbocycles. The fraction of sp³-hybridized carbons (Fsp3) is 0.667. The van der Waals surface area contributed by atoms with Gasteiger partial charge in [0.25, 0.3) is 0 Å². The molecule has 3 N–H and O–H groups in total. The molecule has 1 aliphatic heterocycles. The van der Waals surface area contributed by atoms with Crippen molar-refractivity contribution in [1.82, 2.24) is 9.97 Å². The van der Waals surface area contributed by atoms with Crippen LogP contribution in [0.25, 0.3) is 0 Å². The minimum absolute atomic E-state index is 0.324. The molecule has 1 atom stereocenters. The molecule has 128 valence electrons. The third-order valence-electron chi connectivity index (χ3n) is 3.84. The van der Waals surface area contributed by atoms with Crippen LogP contribution in [0.15, 0.2) is 6.20 Å². The molecule has 0 unspecified atom stereocenters. The van der Waals surface area contributed by atoms with Crippen molar-refractivity contribution in [2.24, 2.45) is 0 Å². The average Bonchev–Trinajstić information content (AvgIpc) is 2.53. The largest absolute Gasteiger partial charge is 0.481 e. The van der Waals surface area contributed by atoms with Gasteiger partial charge in [0.15, 0.2) is 0 Å². The van der Waals surface area contributed by atoms with Gasteiger partial charge >= 0.3 is 5.97 Å². The van der Waals surface area contributed by atoms with Gasteiger partial charge in [0, 0.05) is 31.4 Å². The van der Waals surface area contributed by atoms with E-state index >= 15 is 0 Å². The number of hydrogen-bond donors (Lipinski definition) is 3. The summed E-state index contributed by atoms with van der Waals surface area (Å²) < 4.78 is 5.35. The number of rotatable bonds is 6. The van der Waals surface area contributed by atoms with E-state index in [9.17, 15) is 15.0 Å². The molecule has 1 fully saturated rings. The van der Waals surface area contributed by atoms with Gasteiger partial charge in [-0.1, -0.05) is 0 Å². The molecule has 0 aliphatic carbocycles. The second-order valence-corrected chi connectivity index (χ2v) is 6.19. The van der Waals surface area contributed by atoms with Crippen molar-refractivity contribution in [2.45, 2.75) is 32.3 Å². The molecule has 0 aromatic carbocycles. The van der Waals surface area contributed by atoms with Crippen LogP contribution in [0.2, 0.25) is 0 Å². The number of ether oxygens (including phenoxy) is 1. The summed E-state index contributed by atoms with van der Waals surface area (Å²) in [7, 11) is 0. The Morgan fingerprint density at radius 2 is 2.13 bits per heavy atom. The van der Waals surface area contributed by atoms with Crippen LogP contribution >= 0.6 is 0 Å². The number of carboxylic acids is 1. The highest BCUT2D eigenvalue weighted by Gasteiger charge is 2.35. The summed E-state index contributed by atoms with van der Waals surface area (Å²) in [6, 6.07) is 0. The van der Waals surface area contributed by atoms with Gasteiger partial charge in [-0.3, -0.25) is 4.79 Å². The third-order valence-corrected chi connectivity index (χ3v) is 3.84. The van der Waals surface area contributed by atoms with Crippen molar-refractivity contribution in [3.63, 3.8) is 0 Å². The Balaban J connectivity index is 2.38. The molecule has 0 radical (unpaired) electrons. The van der Waals surface area contributed by atoms with Crippen LogP contribution in [-0.4, -0.2) is 65.1 Å². The van der Waals surface area contributed by atoms with Gasteiger partial charge in [0.05, 0.1) is 24.7 Å². The number of nitrogens with zero attached hydrogens (tertiary/aromatic N) is 3. The van der Waals surface area contributed by atoms with E-state index in [4.69, 9.17) is 4.74 Å². The fourth-order valence-corrected chi connectivity index (χ4v) is 2.27. The first-order chi connectivity index (χ1) is 10.8. The first-order valence-electron chi connectivity index (χ1n) is 7.68. The van der Waals surface area contributed by atoms with E-state index in [2.05, 4.69) is 15.3 Å². The number of aliphatic carboxylic acids is 1. The van der Waals surface area contributed by atoms with Gasteiger partial charge in [-0.15, -0.1) is 0 Å². The highest BCUT2D eigenvalue weighted by atomic mass is 16.5. The summed E-state index contributed by atoms with van der Waals surface area (Å²) >= 11 is 0. The second kappa shape index (κ2) is 7.10. The van der Waals surface area contributed by atoms with Crippen LogP contribution in [0.4, 0.5) is 11.8 Å². The summed E-state index contributed by atoms with van der Waals surface area (Å²) in [6.07, 6.45) is 1.02. The average molecular weight is 324 g/mol. The topological polar surface area (TPSA) is 108 Å². The monoisotopic (exact) mass is 324 g/mol. The quantitative estimate of drug-likeness (QED) is 0.693. The zero-order valence-electron chi connectivity index (χ0n) is 13.7. The fourth-order valence-electron chi connectivity index (χ4n) is 2.27. The van der Waals surface area contributed by atoms with E-state index < -0.39 is 17.5 Å². The van der Waals surface area contributed by atoms with Crippen molar-refractivity contribution in [2.75, 3.05) is 43.1 Å². The Morgan fingerprint density at radius 3 is 2.70 bits per heavy atom. The lowest BCUT2D eigenvalue weighted by Crippen LogP contribution is -2.40. The zero-order chi connectivity index (χ0) is 17.0. The zero-order valence-corrected chi connectivity index (χ0v) is 13.7. The molecule has 23 heavy (non-hydrogen) atoms. The molecule has 0 amide bonds. The Bertz CT molecular complexity index is 556. The van der Waals surface area contributed by atoms with Gasteiger partial charge in [0.1, 0.15) is 5.82 Å². The first kappa shape index (κ1) is 17.4. The maximum atomic E-state index is 11.6. The van der Waals surface area contributed by atoms with Crippen LogP contribution in [-0.2, 0) is 14.9 Å². The maximum Gasteiger partial charge on any atom is 0.313 e. The second-order valence-electron chi connectivity index (χ2n) is 6.19. The normalized spacial score (nSPS) is 17.0. The Morgan fingerprint density at radius 1 is 1.48 bits per heavy atom. The number of morpholine rings is 1. The molecule has 2 rings (SSSR count). The summed E-state index contributed by atoms with van der Waals surface area (Å²) in [5.74, 6) is 0.0430. The lowest BCUT2D eigenvalue weighted by atomic mass is 9.85. The van der Waals surface area contributed by atoms with E-state index in [1.54, 1.807) is 27.0 Å². The minimum Gasteiger partial charge on any atom is -0.481 e. The highest BCUT2D eigenvalue weighted by Crippen LogP contribution is 2.32. The van der Waals surface area contributed by atoms with E-state index in [0.29, 0.717) is 50.2 Å².